The predicted octanol–water partition coefficient (Wildman–Crippen LogP) is 5.23. The van der Waals surface area contributed by atoms with E-state index < -0.39 is 0 Å². The topological polar surface area (TPSA) is 30.5 Å². The average Bonchev–Trinajstić information content (AvgIpc) is 2.68. The third-order valence-electron chi connectivity index (χ3n) is 4.74. The van der Waals surface area contributed by atoms with E-state index in [2.05, 4.69) is 61.6 Å². The van der Waals surface area contributed by atoms with Gasteiger partial charge < -0.3 is 14.8 Å². The zero-order valence-electron chi connectivity index (χ0n) is 16.5. The molecule has 0 unspecified atom stereocenters. The molecule has 0 saturated heterocycles. The number of methoxy groups -OCH3 is 1. The summed E-state index contributed by atoms with van der Waals surface area (Å²) in [6.45, 7) is 6.11. The molecule has 3 rings (SSSR count). The largest absolute Gasteiger partial charge is 0.497 e. The van der Waals surface area contributed by atoms with Gasteiger partial charge in [-0.05, 0) is 62.4 Å². The molecule has 0 spiro atoms. The van der Waals surface area contributed by atoms with E-state index in [0.717, 1.165) is 30.9 Å². The van der Waals surface area contributed by atoms with E-state index in [1.54, 1.807) is 7.11 Å². The van der Waals surface area contributed by atoms with Crippen molar-refractivity contribution in [3.63, 3.8) is 0 Å². The first-order chi connectivity index (χ1) is 13.1. The molecule has 0 bridgehead atoms. The third kappa shape index (κ3) is 5.48. The molecule has 3 aromatic rings. The smallest absolute Gasteiger partial charge is 0.127 e. The molecule has 0 amide bonds. The summed E-state index contributed by atoms with van der Waals surface area (Å²) in [4.78, 5) is 0. The molecule has 0 atom stereocenters. The number of benzene rings is 3. The molecule has 0 radical (unpaired) electrons. The van der Waals surface area contributed by atoms with E-state index in [1.165, 1.54) is 16.3 Å². The van der Waals surface area contributed by atoms with Gasteiger partial charge in [0.2, 0.25) is 0 Å². The van der Waals surface area contributed by atoms with Gasteiger partial charge in [0.15, 0.2) is 0 Å². The molecule has 0 aliphatic carbocycles. The van der Waals surface area contributed by atoms with E-state index in [0.29, 0.717) is 6.61 Å². The fourth-order valence-corrected chi connectivity index (χ4v) is 3.32. The fraction of sp³-hybridized carbons (Fsp3) is 0.333. The zero-order chi connectivity index (χ0) is 19.1. The standard InChI is InChI=1S/C24H29NO2/c1-24(2,18-19-12-14-21(26-3)15-13-19)25-16-7-17-27-23-11-6-9-20-8-4-5-10-22(20)23/h4-6,8-15,25H,7,16-18H2,1-3H3. The van der Waals surface area contributed by atoms with Crippen LogP contribution in [0.2, 0.25) is 0 Å². The number of nitrogens with one attached hydrogen (secondary N) is 1. The number of hydrogen-bond acceptors (Lipinski definition) is 3. The maximum atomic E-state index is 6.02. The van der Waals surface area contributed by atoms with Crippen LogP contribution in [0.25, 0.3) is 10.8 Å². The Bertz CT molecular complexity index is 850. The van der Waals surface area contributed by atoms with Crippen LogP contribution >= 0.6 is 0 Å². The number of hydrogen-bond donors (Lipinski definition) is 1. The lowest BCUT2D eigenvalue weighted by atomic mass is 9.95. The summed E-state index contributed by atoms with van der Waals surface area (Å²) in [5.74, 6) is 1.86. The van der Waals surface area contributed by atoms with Crippen molar-refractivity contribution in [3.05, 3.63) is 72.3 Å². The summed E-state index contributed by atoms with van der Waals surface area (Å²) in [7, 11) is 1.70. The molecule has 3 aromatic carbocycles. The molecular formula is C24H29NO2. The molecule has 0 aromatic heterocycles. The van der Waals surface area contributed by atoms with Crippen LogP contribution in [0, 0.1) is 0 Å². The highest BCUT2D eigenvalue weighted by Crippen LogP contribution is 2.25. The monoisotopic (exact) mass is 363 g/mol. The lowest BCUT2D eigenvalue weighted by Crippen LogP contribution is -2.42. The minimum absolute atomic E-state index is 0.0357. The number of rotatable bonds is 9. The average molecular weight is 364 g/mol. The molecule has 3 heteroatoms. The molecule has 0 saturated carbocycles. The van der Waals surface area contributed by atoms with Crippen LogP contribution in [0.3, 0.4) is 0 Å². The van der Waals surface area contributed by atoms with Gasteiger partial charge >= 0.3 is 0 Å². The van der Waals surface area contributed by atoms with Crippen molar-refractivity contribution in [2.45, 2.75) is 32.2 Å². The molecule has 1 N–H and O–H groups in total. The van der Waals surface area contributed by atoms with Crippen molar-refractivity contribution in [2.24, 2.45) is 0 Å². The minimum Gasteiger partial charge on any atom is -0.497 e. The van der Waals surface area contributed by atoms with Crippen molar-refractivity contribution in [1.29, 1.82) is 0 Å². The molecule has 142 valence electrons. The first kappa shape index (κ1) is 19.2. The molecule has 0 heterocycles. The second-order valence-corrected chi connectivity index (χ2v) is 7.51. The summed E-state index contributed by atoms with van der Waals surface area (Å²) >= 11 is 0. The number of ether oxygens (including phenoxy) is 2. The Kier molecular flexibility index (Phi) is 6.36. The minimum atomic E-state index is 0.0357. The van der Waals surface area contributed by atoms with Crippen LogP contribution < -0.4 is 14.8 Å². The van der Waals surface area contributed by atoms with Crippen LogP contribution in [0.4, 0.5) is 0 Å². The fourth-order valence-electron chi connectivity index (χ4n) is 3.32. The molecule has 0 aliphatic heterocycles. The Morgan fingerprint density at radius 2 is 1.63 bits per heavy atom. The summed E-state index contributed by atoms with van der Waals surface area (Å²) in [6.07, 6.45) is 1.94. The molecule has 27 heavy (non-hydrogen) atoms. The van der Waals surface area contributed by atoms with E-state index in [9.17, 15) is 0 Å². The summed E-state index contributed by atoms with van der Waals surface area (Å²) in [6, 6.07) is 22.8. The van der Waals surface area contributed by atoms with Gasteiger partial charge in [0.1, 0.15) is 11.5 Å². The van der Waals surface area contributed by atoms with Crippen LogP contribution in [-0.4, -0.2) is 25.8 Å². The van der Waals surface area contributed by atoms with Crippen LogP contribution in [-0.2, 0) is 6.42 Å². The SMILES string of the molecule is COc1ccc(CC(C)(C)NCCCOc2cccc3ccccc23)cc1. The van der Waals surface area contributed by atoms with Gasteiger partial charge in [-0.1, -0.05) is 48.5 Å². The Hall–Kier alpha value is -2.52. The van der Waals surface area contributed by atoms with Gasteiger partial charge in [0, 0.05) is 10.9 Å². The first-order valence-corrected chi connectivity index (χ1v) is 9.56. The van der Waals surface area contributed by atoms with Gasteiger partial charge in [-0.2, -0.15) is 0 Å². The van der Waals surface area contributed by atoms with Crippen molar-refractivity contribution < 1.29 is 9.47 Å². The van der Waals surface area contributed by atoms with Crippen molar-refractivity contribution in [2.75, 3.05) is 20.3 Å². The van der Waals surface area contributed by atoms with E-state index in [-0.39, 0.29) is 5.54 Å². The molecular weight excluding hydrogens is 334 g/mol. The Morgan fingerprint density at radius 3 is 2.41 bits per heavy atom. The van der Waals surface area contributed by atoms with Gasteiger partial charge in [-0.3, -0.25) is 0 Å². The van der Waals surface area contributed by atoms with Crippen molar-refractivity contribution >= 4 is 10.8 Å². The quantitative estimate of drug-likeness (QED) is 0.528. The lowest BCUT2D eigenvalue weighted by Gasteiger charge is -2.26. The number of fused-ring (bicyclic) bond motifs is 1. The van der Waals surface area contributed by atoms with Gasteiger partial charge in [-0.25, -0.2) is 0 Å². The van der Waals surface area contributed by atoms with E-state index in [4.69, 9.17) is 9.47 Å². The Morgan fingerprint density at radius 1 is 0.889 bits per heavy atom. The highest BCUT2D eigenvalue weighted by Gasteiger charge is 2.17. The van der Waals surface area contributed by atoms with E-state index >= 15 is 0 Å². The summed E-state index contributed by atoms with van der Waals surface area (Å²) < 4.78 is 11.2. The lowest BCUT2D eigenvalue weighted by molar-refractivity contribution is 0.296. The Labute approximate surface area is 162 Å². The highest BCUT2D eigenvalue weighted by atomic mass is 16.5. The van der Waals surface area contributed by atoms with Gasteiger partial charge in [0.05, 0.1) is 13.7 Å². The summed E-state index contributed by atoms with van der Waals surface area (Å²) in [5.41, 5.74) is 1.34. The summed E-state index contributed by atoms with van der Waals surface area (Å²) in [5, 5.41) is 6.04. The van der Waals surface area contributed by atoms with Crippen LogP contribution in [0.5, 0.6) is 11.5 Å². The third-order valence-corrected chi connectivity index (χ3v) is 4.74. The van der Waals surface area contributed by atoms with E-state index in [1.807, 2.05) is 24.3 Å². The maximum Gasteiger partial charge on any atom is 0.127 e. The zero-order valence-corrected chi connectivity index (χ0v) is 16.5. The first-order valence-electron chi connectivity index (χ1n) is 9.56. The van der Waals surface area contributed by atoms with Crippen LogP contribution in [0.15, 0.2) is 66.7 Å². The second kappa shape index (κ2) is 8.92. The second-order valence-electron chi connectivity index (χ2n) is 7.51. The highest BCUT2D eigenvalue weighted by molar-refractivity contribution is 5.88. The van der Waals surface area contributed by atoms with Crippen molar-refractivity contribution in [1.82, 2.24) is 5.32 Å². The predicted molar refractivity (Wildman–Crippen MR) is 113 cm³/mol. The molecule has 0 fully saturated rings. The molecule has 3 nitrogen and oxygen atoms in total. The van der Waals surface area contributed by atoms with Gasteiger partial charge in [0.25, 0.3) is 0 Å². The normalized spacial score (nSPS) is 11.5. The van der Waals surface area contributed by atoms with Crippen molar-refractivity contribution in [3.8, 4) is 11.5 Å². The van der Waals surface area contributed by atoms with Crippen LogP contribution in [0.1, 0.15) is 25.8 Å². The maximum absolute atomic E-state index is 6.02. The molecule has 0 aliphatic rings. The Balaban J connectivity index is 1.44. The van der Waals surface area contributed by atoms with Gasteiger partial charge in [-0.15, -0.1) is 0 Å².